The van der Waals surface area contributed by atoms with Crippen LogP contribution < -0.4 is 4.74 Å². The van der Waals surface area contributed by atoms with Crippen LogP contribution >= 0.6 is 12.2 Å². The van der Waals surface area contributed by atoms with E-state index >= 15 is 0 Å². The van der Waals surface area contributed by atoms with Crippen molar-refractivity contribution in [3.63, 3.8) is 0 Å². The van der Waals surface area contributed by atoms with Gasteiger partial charge in [-0.25, -0.2) is 0 Å². The minimum absolute atomic E-state index is 0.0997. The number of benzene rings is 1. The first-order valence-corrected chi connectivity index (χ1v) is 7.09. The number of hydrogen-bond acceptors (Lipinski definition) is 6. The van der Waals surface area contributed by atoms with E-state index in [-0.39, 0.29) is 11.4 Å². The van der Waals surface area contributed by atoms with E-state index in [0.29, 0.717) is 29.2 Å². The molecule has 1 heterocycles. The Balaban J connectivity index is 2.35. The smallest absolute Gasteiger partial charge is 0.311 e. The molecular formula is C13H15N5O3S. The number of nitro groups is 1. The lowest BCUT2D eigenvalue weighted by atomic mass is 10.2. The number of hydrogen-bond donors (Lipinski definition) is 1. The highest BCUT2D eigenvalue weighted by Gasteiger charge is 2.15. The average Bonchev–Trinajstić information content (AvgIpc) is 2.86. The van der Waals surface area contributed by atoms with E-state index in [1.807, 2.05) is 6.92 Å². The molecule has 0 saturated heterocycles. The standard InChI is InChI=1S/C13H15N5O3S/c1-3-12-15-16-13(22)17(12)14-8-9-5-6-11(21-4-2)10(7-9)18(19)20/h5-8H,3-4H2,1-2H3,(H,16,22)/b14-8-. The van der Waals surface area contributed by atoms with Crippen molar-refractivity contribution in [2.45, 2.75) is 20.3 Å². The molecule has 1 N–H and O–H groups in total. The number of H-pyrrole nitrogens is 1. The van der Waals surface area contributed by atoms with Gasteiger partial charge in [-0.05, 0) is 31.3 Å². The van der Waals surface area contributed by atoms with Crippen LogP contribution in [0.3, 0.4) is 0 Å². The molecule has 0 atom stereocenters. The molecular weight excluding hydrogens is 306 g/mol. The molecule has 2 aromatic rings. The lowest BCUT2D eigenvalue weighted by molar-refractivity contribution is -0.385. The fourth-order valence-electron chi connectivity index (χ4n) is 1.83. The molecule has 1 aromatic heterocycles. The van der Waals surface area contributed by atoms with Gasteiger partial charge in [0.2, 0.25) is 4.77 Å². The van der Waals surface area contributed by atoms with Gasteiger partial charge >= 0.3 is 5.69 Å². The summed E-state index contributed by atoms with van der Waals surface area (Å²) in [6.07, 6.45) is 2.15. The number of nitrogens with zero attached hydrogens (tertiary/aromatic N) is 4. The third-order valence-corrected chi connectivity index (χ3v) is 3.10. The maximum Gasteiger partial charge on any atom is 0.311 e. The van der Waals surface area contributed by atoms with Crippen molar-refractivity contribution in [1.29, 1.82) is 0 Å². The molecule has 0 amide bonds. The van der Waals surface area contributed by atoms with Crippen molar-refractivity contribution >= 4 is 24.1 Å². The molecule has 0 bridgehead atoms. The number of aromatic amines is 1. The summed E-state index contributed by atoms with van der Waals surface area (Å²) in [5.74, 6) is 0.917. The van der Waals surface area contributed by atoms with Crippen LogP contribution in [0.15, 0.2) is 23.3 Å². The Bertz CT molecular complexity index is 765. The number of rotatable bonds is 6. The van der Waals surface area contributed by atoms with Crippen LogP contribution in [0, 0.1) is 14.9 Å². The van der Waals surface area contributed by atoms with Gasteiger partial charge in [-0.1, -0.05) is 6.92 Å². The lowest BCUT2D eigenvalue weighted by Crippen LogP contribution is -2.00. The minimum atomic E-state index is -0.483. The topological polar surface area (TPSA) is 98.3 Å². The maximum absolute atomic E-state index is 11.1. The largest absolute Gasteiger partial charge is 0.487 e. The number of aryl methyl sites for hydroxylation is 1. The molecule has 22 heavy (non-hydrogen) atoms. The number of ether oxygens (including phenoxy) is 1. The molecule has 0 saturated carbocycles. The zero-order valence-electron chi connectivity index (χ0n) is 12.1. The van der Waals surface area contributed by atoms with Crippen LogP contribution in [-0.2, 0) is 6.42 Å². The zero-order chi connectivity index (χ0) is 16.1. The van der Waals surface area contributed by atoms with E-state index < -0.39 is 4.92 Å². The van der Waals surface area contributed by atoms with Gasteiger partial charge in [-0.3, -0.25) is 15.2 Å². The average molecular weight is 321 g/mol. The monoisotopic (exact) mass is 321 g/mol. The Morgan fingerprint density at radius 1 is 1.55 bits per heavy atom. The van der Waals surface area contributed by atoms with Crippen LogP contribution in [0.4, 0.5) is 5.69 Å². The first-order chi connectivity index (χ1) is 10.6. The molecule has 2 rings (SSSR count). The quantitative estimate of drug-likeness (QED) is 0.382. The summed E-state index contributed by atoms with van der Waals surface area (Å²) in [4.78, 5) is 10.6. The molecule has 0 radical (unpaired) electrons. The zero-order valence-corrected chi connectivity index (χ0v) is 13.0. The van der Waals surface area contributed by atoms with E-state index in [0.717, 1.165) is 0 Å². The van der Waals surface area contributed by atoms with E-state index in [4.69, 9.17) is 17.0 Å². The highest BCUT2D eigenvalue weighted by molar-refractivity contribution is 7.71. The molecule has 8 nitrogen and oxygen atoms in total. The number of nitrogens with one attached hydrogen (secondary N) is 1. The summed E-state index contributed by atoms with van der Waals surface area (Å²) in [5.41, 5.74) is 0.470. The number of nitro benzene ring substituents is 1. The third-order valence-electron chi connectivity index (χ3n) is 2.84. The molecule has 0 unspecified atom stereocenters. The normalized spacial score (nSPS) is 11.0. The molecule has 0 aliphatic rings. The fraction of sp³-hybridized carbons (Fsp3) is 0.308. The van der Waals surface area contributed by atoms with Crippen LogP contribution in [0.25, 0.3) is 0 Å². The fourth-order valence-corrected chi connectivity index (χ4v) is 2.03. The van der Waals surface area contributed by atoms with Gasteiger partial charge in [0, 0.05) is 18.1 Å². The highest BCUT2D eigenvalue weighted by atomic mass is 32.1. The molecule has 1 aromatic carbocycles. The molecule has 116 valence electrons. The summed E-state index contributed by atoms with van der Waals surface area (Å²) in [6.45, 7) is 4.06. The van der Waals surface area contributed by atoms with Gasteiger partial charge in [0.05, 0.1) is 17.7 Å². The Hall–Kier alpha value is -2.55. The third kappa shape index (κ3) is 3.37. The van der Waals surface area contributed by atoms with E-state index in [1.54, 1.807) is 19.1 Å². The van der Waals surface area contributed by atoms with Crippen LogP contribution in [0.2, 0.25) is 0 Å². The summed E-state index contributed by atoms with van der Waals surface area (Å²) in [6, 6.07) is 4.65. The molecule has 9 heteroatoms. The first kappa shape index (κ1) is 15.8. The van der Waals surface area contributed by atoms with Crippen molar-refractivity contribution in [2.24, 2.45) is 5.10 Å². The van der Waals surface area contributed by atoms with Crippen molar-refractivity contribution in [3.05, 3.63) is 44.5 Å². The molecule has 0 fully saturated rings. The van der Waals surface area contributed by atoms with E-state index in [9.17, 15) is 10.1 Å². The van der Waals surface area contributed by atoms with Crippen LogP contribution in [-0.4, -0.2) is 32.6 Å². The highest BCUT2D eigenvalue weighted by Crippen LogP contribution is 2.27. The first-order valence-electron chi connectivity index (χ1n) is 6.68. The second-order valence-corrected chi connectivity index (χ2v) is 4.66. The summed E-state index contributed by atoms with van der Waals surface area (Å²) in [7, 11) is 0. The predicted molar refractivity (Wildman–Crippen MR) is 84.0 cm³/mol. The lowest BCUT2D eigenvalue weighted by Gasteiger charge is -2.04. The Morgan fingerprint density at radius 3 is 2.95 bits per heavy atom. The van der Waals surface area contributed by atoms with E-state index in [1.165, 1.54) is 17.0 Å². The van der Waals surface area contributed by atoms with Gasteiger partial charge in [0.25, 0.3) is 0 Å². The minimum Gasteiger partial charge on any atom is -0.487 e. The van der Waals surface area contributed by atoms with E-state index in [2.05, 4.69) is 15.3 Å². The maximum atomic E-state index is 11.1. The summed E-state index contributed by atoms with van der Waals surface area (Å²) < 4.78 is 7.09. The number of aromatic nitrogens is 3. The SMILES string of the molecule is CCOc1ccc(/C=N\n2c(CC)n[nH]c2=S)cc1[N+](=O)[O-]. The van der Waals surface area contributed by atoms with Gasteiger partial charge in [-0.15, -0.1) is 0 Å². The van der Waals surface area contributed by atoms with Crippen LogP contribution in [0.1, 0.15) is 25.2 Å². The van der Waals surface area contributed by atoms with Gasteiger partial charge in [0.15, 0.2) is 11.6 Å². The predicted octanol–water partition coefficient (Wildman–Crippen LogP) is 2.69. The molecule has 0 aliphatic heterocycles. The van der Waals surface area contributed by atoms with Crippen molar-refractivity contribution < 1.29 is 9.66 Å². The van der Waals surface area contributed by atoms with Gasteiger partial charge in [-0.2, -0.15) is 14.9 Å². The van der Waals surface area contributed by atoms with Gasteiger partial charge in [0.1, 0.15) is 0 Å². The molecule has 0 aliphatic carbocycles. The Morgan fingerprint density at radius 2 is 2.32 bits per heavy atom. The van der Waals surface area contributed by atoms with Crippen LogP contribution in [0.5, 0.6) is 5.75 Å². The Kier molecular flexibility index (Phi) is 4.99. The van der Waals surface area contributed by atoms with Crippen molar-refractivity contribution in [1.82, 2.24) is 14.9 Å². The summed E-state index contributed by atoms with van der Waals surface area (Å²) >= 11 is 5.08. The Labute approximate surface area is 131 Å². The second-order valence-electron chi connectivity index (χ2n) is 4.27. The van der Waals surface area contributed by atoms with Gasteiger partial charge < -0.3 is 4.74 Å². The van der Waals surface area contributed by atoms with Crippen molar-refractivity contribution in [2.75, 3.05) is 6.61 Å². The van der Waals surface area contributed by atoms with Crippen molar-refractivity contribution in [3.8, 4) is 5.75 Å². The molecule has 0 spiro atoms. The second kappa shape index (κ2) is 6.94. The summed E-state index contributed by atoms with van der Waals surface area (Å²) in [5, 5.41) is 22.0.